The van der Waals surface area contributed by atoms with Gasteiger partial charge in [0.1, 0.15) is 5.82 Å². The summed E-state index contributed by atoms with van der Waals surface area (Å²) in [6, 6.07) is 13.6. The van der Waals surface area contributed by atoms with Crippen molar-refractivity contribution < 1.29 is 0 Å². The minimum Gasteiger partial charge on any atom is -0.370 e. The van der Waals surface area contributed by atoms with Crippen LogP contribution in [0.3, 0.4) is 0 Å². The van der Waals surface area contributed by atoms with Gasteiger partial charge in [-0.05, 0) is 42.7 Å². The summed E-state index contributed by atoms with van der Waals surface area (Å²) in [5.41, 5.74) is 7.33. The molecule has 3 rings (SSSR count). The van der Waals surface area contributed by atoms with Crippen LogP contribution in [-0.2, 0) is 5.41 Å². The minimum absolute atomic E-state index is 0. The zero-order valence-corrected chi connectivity index (χ0v) is 15.1. The molecule has 1 aromatic heterocycles. The number of anilines is 1. The van der Waals surface area contributed by atoms with E-state index in [4.69, 9.17) is 17.3 Å². The van der Waals surface area contributed by atoms with Crippen LogP contribution in [0.5, 0.6) is 0 Å². The molecule has 22 heavy (non-hydrogen) atoms. The van der Waals surface area contributed by atoms with Gasteiger partial charge in [-0.2, -0.15) is 0 Å². The summed E-state index contributed by atoms with van der Waals surface area (Å²) in [5.74, 6) is 1.10. The van der Waals surface area contributed by atoms with Gasteiger partial charge in [-0.15, -0.1) is 24.0 Å². The number of pyridine rings is 1. The predicted molar refractivity (Wildman–Crippen MR) is 102 cm³/mol. The van der Waals surface area contributed by atoms with Crippen molar-refractivity contribution in [1.82, 2.24) is 4.98 Å². The van der Waals surface area contributed by atoms with Gasteiger partial charge in [0.2, 0.25) is 0 Å². The molecule has 0 unspecified atom stereocenters. The quantitative estimate of drug-likeness (QED) is 0.442. The second kappa shape index (κ2) is 7.28. The van der Waals surface area contributed by atoms with Crippen LogP contribution in [-0.4, -0.2) is 17.5 Å². The highest BCUT2D eigenvalue weighted by Crippen LogP contribution is 2.48. The van der Waals surface area contributed by atoms with Gasteiger partial charge in [0.25, 0.3) is 0 Å². The summed E-state index contributed by atoms with van der Waals surface area (Å²) in [6.07, 6.45) is 3.98. The van der Waals surface area contributed by atoms with E-state index in [1.165, 1.54) is 5.56 Å². The van der Waals surface area contributed by atoms with Crippen LogP contribution in [0.25, 0.3) is 0 Å². The van der Waals surface area contributed by atoms with Crippen molar-refractivity contribution in [2.24, 2.45) is 10.7 Å². The monoisotopic (exact) mass is 428 g/mol. The maximum atomic E-state index is 5.94. The Morgan fingerprint density at radius 2 is 1.95 bits per heavy atom. The first-order valence-corrected chi connectivity index (χ1v) is 7.30. The largest absolute Gasteiger partial charge is 0.370 e. The number of aromatic nitrogens is 1. The molecule has 0 bridgehead atoms. The lowest BCUT2D eigenvalue weighted by atomic mass is 9.96. The van der Waals surface area contributed by atoms with Gasteiger partial charge >= 0.3 is 0 Å². The Balaban J connectivity index is 0.00000176. The molecule has 0 radical (unpaired) electrons. The van der Waals surface area contributed by atoms with Crippen molar-refractivity contribution in [2.75, 3.05) is 11.9 Å². The van der Waals surface area contributed by atoms with E-state index in [1.807, 2.05) is 30.3 Å². The molecule has 6 heteroatoms. The SMILES string of the molecule is I.NC(=NCC1(c2ccc(Cl)cc2)CC1)Nc1ccccn1. The van der Waals surface area contributed by atoms with E-state index < -0.39 is 0 Å². The third kappa shape index (κ3) is 4.10. The number of rotatable bonds is 4. The number of nitrogens with one attached hydrogen (secondary N) is 1. The lowest BCUT2D eigenvalue weighted by Gasteiger charge is -2.13. The molecule has 0 atom stereocenters. The minimum atomic E-state index is 0. The van der Waals surface area contributed by atoms with Crippen molar-refractivity contribution in [3.63, 3.8) is 0 Å². The fourth-order valence-corrected chi connectivity index (χ4v) is 2.46. The normalized spacial score (nSPS) is 15.8. The molecule has 1 saturated carbocycles. The topological polar surface area (TPSA) is 63.3 Å². The van der Waals surface area contributed by atoms with Crippen molar-refractivity contribution in [3.05, 3.63) is 59.2 Å². The van der Waals surface area contributed by atoms with Gasteiger partial charge in [0.05, 0.1) is 6.54 Å². The maximum Gasteiger partial charge on any atom is 0.194 e. The summed E-state index contributed by atoms with van der Waals surface area (Å²) < 4.78 is 0. The number of nitrogens with two attached hydrogens (primary N) is 1. The van der Waals surface area contributed by atoms with E-state index in [0.717, 1.165) is 17.9 Å². The number of hydrogen-bond acceptors (Lipinski definition) is 2. The zero-order chi connectivity index (χ0) is 14.7. The van der Waals surface area contributed by atoms with Crippen LogP contribution in [0.2, 0.25) is 5.02 Å². The Morgan fingerprint density at radius 1 is 1.23 bits per heavy atom. The standard InChI is InChI=1S/C16H17ClN4.HI/c17-13-6-4-12(5-7-13)16(8-9-16)11-20-15(18)21-14-3-1-2-10-19-14;/h1-7,10H,8-9,11H2,(H3,18,19,20,21);1H. The van der Waals surface area contributed by atoms with E-state index in [0.29, 0.717) is 18.3 Å². The number of hydrogen-bond donors (Lipinski definition) is 2. The van der Waals surface area contributed by atoms with Gasteiger partial charge < -0.3 is 11.1 Å². The first-order chi connectivity index (χ1) is 10.2. The second-order valence-corrected chi connectivity index (χ2v) is 5.77. The summed E-state index contributed by atoms with van der Waals surface area (Å²) in [6.45, 7) is 0.681. The van der Waals surface area contributed by atoms with E-state index >= 15 is 0 Å². The highest BCUT2D eigenvalue weighted by Gasteiger charge is 2.44. The summed E-state index contributed by atoms with van der Waals surface area (Å²) in [4.78, 5) is 8.62. The molecule has 0 spiro atoms. The first kappa shape index (κ1) is 17.0. The summed E-state index contributed by atoms with van der Waals surface area (Å²) in [5, 5.41) is 3.76. The van der Waals surface area contributed by atoms with Gasteiger partial charge in [0, 0.05) is 16.6 Å². The van der Waals surface area contributed by atoms with Crippen LogP contribution in [0.4, 0.5) is 5.82 Å². The molecule has 1 aliphatic rings. The zero-order valence-electron chi connectivity index (χ0n) is 12.0. The Hall–Kier alpha value is -1.34. The Morgan fingerprint density at radius 3 is 2.55 bits per heavy atom. The number of guanidine groups is 1. The van der Waals surface area contributed by atoms with E-state index in [9.17, 15) is 0 Å². The molecular weight excluding hydrogens is 411 g/mol. The maximum absolute atomic E-state index is 5.94. The smallest absolute Gasteiger partial charge is 0.194 e. The molecule has 1 aliphatic carbocycles. The summed E-state index contributed by atoms with van der Waals surface area (Å²) >= 11 is 5.94. The fraction of sp³-hybridized carbons (Fsp3) is 0.250. The third-order valence-corrected chi connectivity index (χ3v) is 4.04. The molecule has 116 valence electrons. The molecule has 4 nitrogen and oxygen atoms in total. The molecule has 0 saturated heterocycles. The van der Waals surface area contributed by atoms with Gasteiger partial charge in [-0.1, -0.05) is 29.8 Å². The highest BCUT2D eigenvalue weighted by atomic mass is 127. The van der Waals surface area contributed by atoms with Crippen molar-refractivity contribution in [2.45, 2.75) is 18.3 Å². The van der Waals surface area contributed by atoms with Crippen molar-refractivity contribution in [1.29, 1.82) is 0 Å². The van der Waals surface area contributed by atoms with Crippen LogP contribution < -0.4 is 11.1 Å². The molecule has 1 aromatic carbocycles. The summed E-state index contributed by atoms with van der Waals surface area (Å²) in [7, 11) is 0. The lowest BCUT2D eigenvalue weighted by Crippen LogP contribution is -2.25. The van der Waals surface area contributed by atoms with E-state index in [-0.39, 0.29) is 29.4 Å². The lowest BCUT2D eigenvalue weighted by molar-refractivity contribution is 0.705. The molecule has 0 aliphatic heterocycles. The second-order valence-electron chi connectivity index (χ2n) is 5.33. The first-order valence-electron chi connectivity index (χ1n) is 6.92. The van der Waals surface area contributed by atoms with E-state index in [2.05, 4.69) is 27.4 Å². The molecule has 2 aromatic rings. The van der Waals surface area contributed by atoms with Crippen molar-refractivity contribution >= 4 is 47.4 Å². The van der Waals surface area contributed by atoms with Crippen LogP contribution in [0, 0.1) is 0 Å². The van der Waals surface area contributed by atoms with Gasteiger partial charge in [-0.3, -0.25) is 4.99 Å². The predicted octanol–water partition coefficient (Wildman–Crippen LogP) is 3.81. The Kier molecular flexibility index (Phi) is 5.63. The molecule has 1 fully saturated rings. The van der Waals surface area contributed by atoms with E-state index in [1.54, 1.807) is 6.20 Å². The van der Waals surface area contributed by atoms with Crippen LogP contribution in [0.15, 0.2) is 53.7 Å². The average Bonchev–Trinajstić information content (AvgIpc) is 3.28. The number of halogens is 2. The van der Waals surface area contributed by atoms with Gasteiger partial charge in [0.15, 0.2) is 5.96 Å². The molecule has 3 N–H and O–H groups in total. The number of nitrogens with zero attached hydrogens (tertiary/aromatic N) is 2. The van der Waals surface area contributed by atoms with Crippen LogP contribution >= 0.6 is 35.6 Å². The van der Waals surface area contributed by atoms with Crippen molar-refractivity contribution in [3.8, 4) is 0 Å². The number of aliphatic imine (C=N–C) groups is 1. The molecule has 1 heterocycles. The average molecular weight is 429 g/mol. The third-order valence-electron chi connectivity index (χ3n) is 3.78. The van der Waals surface area contributed by atoms with Gasteiger partial charge in [-0.25, -0.2) is 4.98 Å². The molecular formula is C16H18ClIN4. The van der Waals surface area contributed by atoms with Crippen LogP contribution in [0.1, 0.15) is 18.4 Å². The Bertz CT molecular complexity index is 639. The highest BCUT2D eigenvalue weighted by molar-refractivity contribution is 14.0. The number of benzene rings is 1. The molecule has 0 amide bonds. The fourth-order valence-electron chi connectivity index (χ4n) is 2.34. The Labute approximate surface area is 152 Å².